The molecule has 1 aliphatic rings. The van der Waals surface area contributed by atoms with Crippen molar-refractivity contribution in [3.63, 3.8) is 0 Å². The number of halogens is 2. The van der Waals surface area contributed by atoms with Crippen LogP contribution in [0.15, 0.2) is 22.7 Å². The lowest BCUT2D eigenvalue weighted by Gasteiger charge is -2.26. The van der Waals surface area contributed by atoms with Gasteiger partial charge in [0.15, 0.2) is 0 Å². The summed E-state index contributed by atoms with van der Waals surface area (Å²) in [5.74, 6) is 0.0631. The number of carbonyl (C=O) groups is 1. The van der Waals surface area contributed by atoms with Crippen molar-refractivity contribution < 1.29 is 9.90 Å². The van der Waals surface area contributed by atoms with Gasteiger partial charge in [0, 0.05) is 11.0 Å². The maximum Gasteiger partial charge on any atom is 0.252 e. The van der Waals surface area contributed by atoms with Gasteiger partial charge in [0.1, 0.15) is 0 Å². The van der Waals surface area contributed by atoms with Gasteiger partial charge in [-0.1, -0.05) is 46.8 Å². The summed E-state index contributed by atoms with van der Waals surface area (Å²) < 4.78 is 0.805. The zero-order chi connectivity index (χ0) is 14.5. The van der Waals surface area contributed by atoms with Gasteiger partial charge < -0.3 is 10.4 Å². The molecule has 1 atom stereocenters. The van der Waals surface area contributed by atoms with E-state index >= 15 is 0 Å². The molecule has 0 aliphatic heterocycles. The maximum absolute atomic E-state index is 12.1. The van der Waals surface area contributed by atoms with Crippen LogP contribution >= 0.6 is 27.5 Å². The highest BCUT2D eigenvalue weighted by molar-refractivity contribution is 9.10. The zero-order valence-corrected chi connectivity index (χ0v) is 13.6. The number of hydrogen-bond acceptors (Lipinski definition) is 2. The van der Waals surface area contributed by atoms with Crippen molar-refractivity contribution in [2.45, 2.75) is 38.2 Å². The molecule has 1 aromatic rings. The van der Waals surface area contributed by atoms with E-state index in [0.717, 1.165) is 17.3 Å². The minimum absolute atomic E-state index is 0.244. The Hall–Kier alpha value is -0.580. The number of rotatable bonds is 4. The van der Waals surface area contributed by atoms with E-state index in [9.17, 15) is 9.90 Å². The fourth-order valence-electron chi connectivity index (χ4n) is 2.65. The van der Waals surface area contributed by atoms with E-state index < -0.39 is 6.10 Å². The average Bonchev–Trinajstić information content (AvgIpc) is 2.47. The molecule has 0 aromatic heterocycles. The smallest absolute Gasteiger partial charge is 0.252 e. The van der Waals surface area contributed by atoms with Crippen LogP contribution in [-0.4, -0.2) is 23.7 Å². The van der Waals surface area contributed by atoms with E-state index in [0.29, 0.717) is 16.5 Å². The Bertz CT molecular complexity index is 475. The van der Waals surface area contributed by atoms with E-state index in [1.54, 1.807) is 18.2 Å². The van der Waals surface area contributed by atoms with E-state index in [4.69, 9.17) is 11.6 Å². The molecule has 1 aliphatic carbocycles. The standard InChI is InChI=1S/C15H19BrClNO2/c16-11-6-7-13(17)12(8-11)15(20)18-9-14(19)10-4-2-1-3-5-10/h6-8,10,14,19H,1-5,9H2,(H,18,20)/t14-/m1/s1. The number of nitrogens with one attached hydrogen (secondary N) is 1. The lowest BCUT2D eigenvalue weighted by molar-refractivity contribution is 0.0738. The van der Waals surface area contributed by atoms with Crippen LogP contribution in [0.5, 0.6) is 0 Å². The highest BCUT2D eigenvalue weighted by Gasteiger charge is 2.22. The lowest BCUT2D eigenvalue weighted by atomic mass is 9.85. The molecule has 0 spiro atoms. The summed E-state index contributed by atoms with van der Waals surface area (Å²) in [7, 11) is 0. The Morgan fingerprint density at radius 2 is 2.10 bits per heavy atom. The van der Waals surface area contributed by atoms with Crippen molar-refractivity contribution >= 4 is 33.4 Å². The molecule has 1 fully saturated rings. The normalized spacial score (nSPS) is 17.8. The van der Waals surface area contributed by atoms with Gasteiger partial charge in [0.2, 0.25) is 0 Å². The predicted molar refractivity (Wildman–Crippen MR) is 84.1 cm³/mol. The molecule has 5 heteroatoms. The molecule has 110 valence electrons. The molecule has 2 rings (SSSR count). The predicted octanol–water partition coefficient (Wildman–Crippen LogP) is 3.77. The summed E-state index contributed by atoms with van der Waals surface area (Å²) in [6, 6.07) is 5.15. The van der Waals surface area contributed by atoms with Crippen LogP contribution < -0.4 is 5.32 Å². The summed E-state index contributed by atoms with van der Waals surface area (Å²) in [5, 5.41) is 13.3. The fourth-order valence-corrected chi connectivity index (χ4v) is 3.21. The molecule has 0 radical (unpaired) electrons. The SMILES string of the molecule is O=C(NC[C@@H](O)C1CCCCC1)c1cc(Br)ccc1Cl. The van der Waals surface area contributed by atoms with Crippen molar-refractivity contribution in [2.24, 2.45) is 5.92 Å². The summed E-state index contributed by atoms with van der Waals surface area (Å²) in [6.07, 6.45) is 5.23. The molecule has 1 aromatic carbocycles. The first-order chi connectivity index (χ1) is 9.58. The van der Waals surface area contributed by atoms with E-state index in [-0.39, 0.29) is 12.5 Å². The molecular weight excluding hydrogens is 342 g/mol. The number of aliphatic hydroxyl groups is 1. The second-order valence-electron chi connectivity index (χ2n) is 5.30. The Labute approximate surface area is 132 Å². The number of carbonyl (C=O) groups excluding carboxylic acids is 1. The first-order valence-corrected chi connectivity index (χ1v) is 8.16. The van der Waals surface area contributed by atoms with Gasteiger partial charge in [-0.3, -0.25) is 4.79 Å². The monoisotopic (exact) mass is 359 g/mol. The zero-order valence-electron chi connectivity index (χ0n) is 11.2. The quantitative estimate of drug-likeness (QED) is 0.858. The molecule has 1 amide bonds. The number of benzene rings is 1. The molecule has 0 heterocycles. The molecule has 0 saturated heterocycles. The van der Waals surface area contributed by atoms with Crippen LogP contribution in [0.1, 0.15) is 42.5 Å². The van der Waals surface area contributed by atoms with Gasteiger partial charge in [0.25, 0.3) is 5.91 Å². The topological polar surface area (TPSA) is 49.3 Å². The van der Waals surface area contributed by atoms with E-state index in [1.165, 1.54) is 19.3 Å². The third kappa shape index (κ3) is 4.21. The third-order valence-electron chi connectivity index (χ3n) is 3.84. The molecule has 3 nitrogen and oxygen atoms in total. The van der Waals surface area contributed by atoms with Crippen LogP contribution in [0.2, 0.25) is 5.02 Å². The Kier molecular flexibility index (Phi) is 5.87. The molecular formula is C15H19BrClNO2. The molecule has 0 bridgehead atoms. The molecule has 0 unspecified atom stereocenters. The average molecular weight is 361 g/mol. The van der Waals surface area contributed by atoms with Crippen LogP contribution in [-0.2, 0) is 0 Å². The van der Waals surface area contributed by atoms with Crippen molar-refractivity contribution in [3.05, 3.63) is 33.3 Å². The van der Waals surface area contributed by atoms with E-state index in [2.05, 4.69) is 21.2 Å². The molecule has 20 heavy (non-hydrogen) atoms. The highest BCUT2D eigenvalue weighted by atomic mass is 79.9. The second kappa shape index (κ2) is 7.43. The largest absolute Gasteiger partial charge is 0.391 e. The third-order valence-corrected chi connectivity index (χ3v) is 4.66. The van der Waals surface area contributed by atoms with Gasteiger partial charge in [-0.15, -0.1) is 0 Å². The Morgan fingerprint density at radius 3 is 2.80 bits per heavy atom. The molecule has 1 saturated carbocycles. The first kappa shape index (κ1) is 15.8. The van der Waals surface area contributed by atoms with Gasteiger partial charge >= 0.3 is 0 Å². The highest BCUT2D eigenvalue weighted by Crippen LogP contribution is 2.26. The fraction of sp³-hybridized carbons (Fsp3) is 0.533. The number of amides is 1. The van der Waals surface area contributed by atoms with Crippen molar-refractivity contribution in [3.8, 4) is 0 Å². The van der Waals surface area contributed by atoms with Gasteiger partial charge in [-0.2, -0.15) is 0 Å². The van der Waals surface area contributed by atoms with Gasteiger partial charge in [-0.25, -0.2) is 0 Å². The van der Waals surface area contributed by atoms with Crippen LogP contribution in [0.3, 0.4) is 0 Å². The minimum Gasteiger partial charge on any atom is -0.391 e. The maximum atomic E-state index is 12.1. The van der Waals surface area contributed by atoms with Crippen molar-refractivity contribution in [1.82, 2.24) is 5.32 Å². The van der Waals surface area contributed by atoms with Gasteiger partial charge in [0.05, 0.1) is 16.7 Å². The Balaban J connectivity index is 1.89. The number of hydrogen-bond donors (Lipinski definition) is 2. The Morgan fingerprint density at radius 1 is 1.40 bits per heavy atom. The second-order valence-corrected chi connectivity index (χ2v) is 6.62. The van der Waals surface area contributed by atoms with Crippen molar-refractivity contribution in [1.29, 1.82) is 0 Å². The van der Waals surface area contributed by atoms with Crippen LogP contribution in [0.4, 0.5) is 0 Å². The van der Waals surface area contributed by atoms with Gasteiger partial charge in [-0.05, 0) is 37.0 Å². The summed E-state index contributed by atoms with van der Waals surface area (Å²) in [6.45, 7) is 0.284. The minimum atomic E-state index is -0.467. The molecule has 2 N–H and O–H groups in total. The summed E-state index contributed by atoms with van der Waals surface area (Å²) in [4.78, 5) is 12.1. The van der Waals surface area contributed by atoms with Crippen molar-refractivity contribution in [2.75, 3.05) is 6.54 Å². The summed E-state index contributed by atoms with van der Waals surface area (Å²) in [5.41, 5.74) is 0.428. The number of aliphatic hydroxyl groups excluding tert-OH is 1. The summed E-state index contributed by atoms with van der Waals surface area (Å²) >= 11 is 9.33. The van der Waals surface area contributed by atoms with E-state index in [1.807, 2.05) is 0 Å². The van der Waals surface area contributed by atoms with Crippen LogP contribution in [0.25, 0.3) is 0 Å². The van der Waals surface area contributed by atoms with Crippen LogP contribution in [0, 0.1) is 5.92 Å². The lowest BCUT2D eigenvalue weighted by Crippen LogP contribution is -2.37. The first-order valence-electron chi connectivity index (χ1n) is 6.99.